The highest BCUT2D eigenvalue weighted by Gasteiger charge is 2.62. The monoisotopic (exact) mass is 372 g/mol. The number of imide groups is 1. The maximum absolute atomic E-state index is 12.5. The normalized spacial score (nSPS) is 29.2. The van der Waals surface area contributed by atoms with Crippen LogP contribution in [0.4, 0.5) is 0 Å². The molecule has 27 heavy (non-hydrogen) atoms. The topological polar surface area (TPSA) is 84.9 Å². The molecule has 1 N–H and O–H groups in total. The Balaban J connectivity index is 1.33. The van der Waals surface area contributed by atoms with Crippen molar-refractivity contribution < 1.29 is 23.9 Å². The number of hydrogen-bond donors (Lipinski definition) is 1. The first-order valence-corrected chi connectivity index (χ1v) is 9.32. The summed E-state index contributed by atoms with van der Waals surface area (Å²) in [5.74, 6) is -1.64. The summed E-state index contributed by atoms with van der Waals surface area (Å²) in [6.45, 7) is 6.08. The molecule has 7 heteroatoms. The first kappa shape index (κ1) is 18.0. The lowest BCUT2D eigenvalue weighted by Crippen LogP contribution is -2.49. The molecular weight excluding hydrogens is 348 g/mol. The van der Waals surface area contributed by atoms with Crippen molar-refractivity contribution in [2.24, 2.45) is 11.8 Å². The van der Waals surface area contributed by atoms with Crippen molar-refractivity contribution in [1.29, 1.82) is 0 Å². The van der Waals surface area contributed by atoms with Crippen molar-refractivity contribution in [3.05, 3.63) is 29.8 Å². The van der Waals surface area contributed by atoms with Crippen molar-refractivity contribution >= 4 is 17.7 Å². The molecule has 0 spiro atoms. The van der Waals surface area contributed by atoms with Crippen LogP contribution in [0, 0.1) is 11.8 Å². The molecule has 0 aliphatic carbocycles. The number of amides is 3. The van der Waals surface area contributed by atoms with E-state index in [-0.39, 0.29) is 36.0 Å². The summed E-state index contributed by atoms with van der Waals surface area (Å²) in [5, 5.41) is 0.859. The second-order valence-corrected chi connectivity index (χ2v) is 8.45. The van der Waals surface area contributed by atoms with Gasteiger partial charge in [-0.15, -0.1) is 0 Å². The van der Waals surface area contributed by atoms with Crippen LogP contribution < -0.4 is 10.2 Å². The van der Waals surface area contributed by atoms with Crippen LogP contribution in [0.2, 0.25) is 0 Å². The van der Waals surface area contributed by atoms with Crippen molar-refractivity contribution in [2.75, 3.05) is 6.61 Å². The molecule has 0 radical (unpaired) electrons. The van der Waals surface area contributed by atoms with E-state index in [0.717, 1.165) is 23.4 Å². The average Bonchev–Trinajstić information content (AvgIpc) is 3.29. The number of carbonyl (C=O) groups is 3. The number of rotatable bonds is 4. The fraction of sp³-hybridized carbons (Fsp3) is 0.550. The summed E-state index contributed by atoms with van der Waals surface area (Å²) in [6.07, 6.45) is 1.19. The Morgan fingerprint density at radius 2 is 1.67 bits per heavy atom. The molecule has 4 rings (SSSR count). The summed E-state index contributed by atoms with van der Waals surface area (Å²) in [6, 6.07) is 7.52. The number of fused-ring (bicyclic) bond motifs is 5. The SMILES string of the molecule is CC(C)(C)c1ccc(OCC(=O)NN2C(=O)[C@@H]3[C@@H](C2=O)[C@@H]2CC[C@@H]3O2)cc1. The van der Waals surface area contributed by atoms with Crippen molar-refractivity contribution in [3.63, 3.8) is 0 Å². The van der Waals surface area contributed by atoms with Crippen LogP contribution in [0.5, 0.6) is 5.75 Å². The first-order valence-electron chi connectivity index (χ1n) is 9.32. The molecule has 3 aliphatic heterocycles. The van der Waals surface area contributed by atoms with Crippen LogP contribution in [-0.4, -0.2) is 41.5 Å². The third-order valence-corrected chi connectivity index (χ3v) is 5.61. The number of ether oxygens (including phenoxy) is 2. The zero-order valence-electron chi connectivity index (χ0n) is 15.7. The molecule has 7 nitrogen and oxygen atoms in total. The minimum Gasteiger partial charge on any atom is -0.484 e. The molecule has 2 bridgehead atoms. The van der Waals surface area contributed by atoms with E-state index >= 15 is 0 Å². The van der Waals surface area contributed by atoms with Crippen molar-refractivity contribution in [2.45, 2.75) is 51.2 Å². The molecule has 3 fully saturated rings. The number of nitrogens with zero attached hydrogens (tertiary/aromatic N) is 1. The molecule has 144 valence electrons. The van der Waals surface area contributed by atoms with Crippen LogP contribution in [0.1, 0.15) is 39.2 Å². The molecule has 1 aromatic carbocycles. The molecule has 1 aromatic rings. The van der Waals surface area contributed by atoms with E-state index in [1.807, 2.05) is 12.1 Å². The molecule has 0 unspecified atom stereocenters. The van der Waals surface area contributed by atoms with Crippen molar-refractivity contribution in [1.82, 2.24) is 10.4 Å². The van der Waals surface area contributed by atoms with E-state index in [9.17, 15) is 14.4 Å². The zero-order chi connectivity index (χ0) is 19.3. The Hall–Kier alpha value is -2.41. The van der Waals surface area contributed by atoms with Gasteiger partial charge in [-0.2, -0.15) is 5.01 Å². The molecule has 3 heterocycles. The number of carbonyl (C=O) groups excluding carboxylic acids is 3. The van der Waals surface area contributed by atoms with Gasteiger partial charge in [-0.25, -0.2) is 0 Å². The lowest BCUT2D eigenvalue weighted by Gasteiger charge is -2.19. The van der Waals surface area contributed by atoms with E-state index in [2.05, 4.69) is 26.2 Å². The van der Waals surface area contributed by atoms with Gasteiger partial charge < -0.3 is 9.47 Å². The van der Waals surface area contributed by atoms with Gasteiger partial charge in [0.05, 0.1) is 24.0 Å². The van der Waals surface area contributed by atoms with E-state index in [0.29, 0.717) is 5.75 Å². The van der Waals surface area contributed by atoms with Gasteiger partial charge in [0.2, 0.25) is 0 Å². The Morgan fingerprint density at radius 3 is 2.19 bits per heavy atom. The summed E-state index contributed by atoms with van der Waals surface area (Å²) >= 11 is 0. The second kappa shape index (κ2) is 6.34. The van der Waals surface area contributed by atoms with Gasteiger partial charge in [-0.1, -0.05) is 32.9 Å². The molecular formula is C20H24N2O5. The Bertz CT molecular complexity index is 755. The van der Waals surface area contributed by atoms with Crippen LogP contribution in [0.3, 0.4) is 0 Å². The van der Waals surface area contributed by atoms with Gasteiger partial charge in [0.15, 0.2) is 6.61 Å². The van der Waals surface area contributed by atoms with E-state index < -0.39 is 17.7 Å². The standard InChI is InChI=1S/C20H24N2O5/c1-20(2,3)11-4-6-12(7-5-11)26-10-15(23)21-22-18(24)16-13-8-9-14(27-13)17(16)19(22)25/h4-7,13-14,16-17H,8-10H2,1-3H3,(H,21,23)/t13-,14-,16-,17-/m0/s1. The smallest absolute Gasteiger partial charge is 0.276 e. The zero-order valence-corrected chi connectivity index (χ0v) is 15.7. The third-order valence-electron chi connectivity index (χ3n) is 5.61. The summed E-state index contributed by atoms with van der Waals surface area (Å²) < 4.78 is 11.1. The Labute approximate surface area is 158 Å². The third kappa shape index (κ3) is 3.10. The molecule has 3 aliphatic rings. The minimum absolute atomic E-state index is 0.0353. The molecule has 0 aromatic heterocycles. The molecule has 0 saturated carbocycles. The number of benzene rings is 1. The summed E-state index contributed by atoms with van der Waals surface area (Å²) in [5.41, 5.74) is 3.59. The fourth-order valence-electron chi connectivity index (χ4n) is 4.18. The van der Waals surface area contributed by atoms with Gasteiger partial charge in [-0.05, 0) is 36.0 Å². The molecule has 4 atom stereocenters. The fourth-order valence-corrected chi connectivity index (χ4v) is 4.18. The lowest BCUT2D eigenvalue weighted by atomic mass is 9.81. The highest BCUT2D eigenvalue weighted by atomic mass is 16.5. The summed E-state index contributed by atoms with van der Waals surface area (Å²) in [4.78, 5) is 37.2. The number of hydrogen-bond acceptors (Lipinski definition) is 5. The number of hydrazine groups is 1. The van der Waals surface area contributed by atoms with E-state index in [1.165, 1.54) is 0 Å². The van der Waals surface area contributed by atoms with Gasteiger partial charge in [-0.3, -0.25) is 19.8 Å². The van der Waals surface area contributed by atoms with Gasteiger partial charge in [0.1, 0.15) is 5.75 Å². The first-order chi connectivity index (χ1) is 12.8. The Morgan fingerprint density at radius 1 is 1.11 bits per heavy atom. The van der Waals surface area contributed by atoms with Crippen LogP contribution in [0.15, 0.2) is 24.3 Å². The highest BCUT2D eigenvalue weighted by Crippen LogP contribution is 2.47. The van der Waals surface area contributed by atoms with Gasteiger partial charge in [0.25, 0.3) is 17.7 Å². The maximum atomic E-state index is 12.5. The quantitative estimate of drug-likeness (QED) is 0.811. The van der Waals surface area contributed by atoms with Crippen LogP contribution >= 0.6 is 0 Å². The predicted octanol–water partition coefficient (Wildman–Crippen LogP) is 1.56. The van der Waals surface area contributed by atoms with E-state index in [1.54, 1.807) is 12.1 Å². The summed E-state index contributed by atoms with van der Waals surface area (Å²) in [7, 11) is 0. The number of nitrogens with one attached hydrogen (secondary N) is 1. The maximum Gasteiger partial charge on any atom is 0.276 e. The lowest BCUT2D eigenvalue weighted by molar-refractivity contribution is -0.151. The minimum atomic E-state index is -0.537. The molecule has 3 amide bonds. The van der Waals surface area contributed by atoms with Gasteiger partial charge >= 0.3 is 0 Å². The largest absolute Gasteiger partial charge is 0.484 e. The van der Waals surface area contributed by atoms with Crippen molar-refractivity contribution in [3.8, 4) is 5.75 Å². The van der Waals surface area contributed by atoms with Crippen LogP contribution in [-0.2, 0) is 24.5 Å². The predicted molar refractivity (Wildman–Crippen MR) is 95.5 cm³/mol. The van der Waals surface area contributed by atoms with Gasteiger partial charge in [0, 0.05) is 0 Å². The van der Waals surface area contributed by atoms with Crippen LogP contribution in [0.25, 0.3) is 0 Å². The van der Waals surface area contributed by atoms with E-state index in [4.69, 9.17) is 9.47 Å². The molecule has 3 saturated heterocycles. The Kier molecular flexibility index (Phi) is 4.22. The highest BCUT2D eigenvalue weighted by molar-refractivity contribution is 6.07. The average molecular weight is 372 g/mol. The second-order valence-electron chi connectivity index (χ2n) is 8.45.